The van der Waals surface area contributed by atoms with Crippen molar-refractivity contribution in [3.63, 3.8) is 0 Å². The van der Waals surface area contributed by atoms with Gasteiger partial charge in [-0.15, -0.1) is 0 Å². The fourth-order valence-electron chi connectivity index (χ4n) is 11.5. The van der Waals surface area contributed by atoms with Gasteiger partial charge in [0.05, 0.1) is 11.0 Å². The first kappa shape index (κ1) is 34.7. The zero-order valence-electron chi connectivity index (χ0n) is 34.9. The summed E-state index contributed by atoms with van der Waals surface area (Å²) in [7, 11) is 0. The normalized spacial score (nSPS) is 13.4. The molecule has 1 aliphatic rings. The predicted octanol–water partition coefficient (Wildman–Crippen LogP) is 16.9. The lowest BCUT2D eigenvalue weighted by Gasteiger charge is -2.23. The van der Waals surface area contributed by atoms with E-state index in [4.69, 9.17) is 4.42 Å². The van der Waals surface area contributed by atoms with Crippen molar-refractivity contribution in [3.8, 4) is 50.2 Å². The lowest BCUT2D eigenvalue weighted by Crippen LogP contribution is -2.16. The number of rotatable bonds is 4. The second-order valence-corrected chi connectivity index (χ2v) is 18.0. The van der Waals surface area contributed by atoms with Gasteiger partial charge in [0.1, 0.15) is 11.2 Å². The highest BCUT2D eigenvalue weighted by molar-refractivity contribution is 6.27. The monoisotopic (exact) mass is 801 g/mol. The summed E-state index contributed by atoms with van der Waals surface area (Å²) in [5, 5.41) is 12.6. The van der Waals surface area contributed by atoms with Crippen LogP contribution in [-0.4, -0.2) is 4.57 Å². The molecule has 1 aliphatic carbocycles. The average Bonchev–Trinajstić information content (AvgIpc) is 3.96. The first-order valence-electron chi connectivity index (χ1n) is 22.0. The number of fused-ring (bicyclic) bond motifs is 10. The summed E-state index contributed by atoms with van der Waals surface area (Å²) in [5.74, 6) is 0. The van der Waals surface area contributed by atoms with Gasteiger partial charge < -0.3 is 8.98 Å². The molecule has 63 heavy (non-hydrogen) atoms. The number of para-hydroxylation sites is 3. The molecule has 0 bridgehead atoms. The van der Waals surface area contributed by atoms with Crippen LogP contribution in [0.25, 0.3) is 126 Å². The standard InChI is InChI=1S/C61H39NO/c1-61(2)53-15-6-3-10-45(53)50-34-35-51-46-11-4-7-16-54(46)62(59(51)58(50)61)41-28-22-37(23-29-41)43-31-25-40-26-32-48-42(30-24-39-27-33-49(43)57(40)56(39)48)36-18-20-38(21-19-36)44-13-9-14-52-47-12-5-8-17-55(47)63-60(44)52/h3-35H,1-2H3. The number of benzene rings is 11. The highest BCUT2D eigenvalue weighted by Crippen LogP contribution is 2.53. The van der Waals surface area contributed by atoms with E-state index in [-0.39, 0.29) is 5.41 Å². The summed E-state index contributed by atoms with van der Waals surface area (Å²) in [6.07, 6.45) is 0. The molecule has 2 heteroatoms. The molecule has 0 saturated carbocycles. The van der Waals surface area contributed by atoms with Gasteiger partial charge in [0, 0.05) is 38.2 Å². The van der Waals surface area contributed by atoms with E-state index < -0.39 is 0 Å². The number of hydrogen-bond acceptors (Lipinski definition) is 1. The van der Waals surface area contributed by atoms with Gasteiger partial charge in [0.25, 0.3) is 0 Å². The zero-order valence-corrected chi connectivity index (χ0v) is 34.9. The molecule has 0 spiro atoms. The fourth-order valence-corrected chi connectivity index (χ4v) is 11.5. The number of nitrogens with zero attached hydrogens (tertiary/aromatic N) is 1. The molecule has 0 amide bonds. The minimum absolute atomic E-state index is 0.131. The van der Waals surface area contributed by atoms with E-state index in [1.54, 1.807) is 0 Å². The van der Waals surface area contributed by atoms with Gasteiger partial charge in [-0.1, -0.05) is 190 Å². The van der Waals surface area contributed by atoms with Gasteiger partial charge in [-0.05, 0) is 107 Å². The van der Waals surface area contributed by atoms with Gasteiger partial charge in [-0.3, -0.25) is 0 Å². The molecule has 2 aromatic heterocycles. The minimum Gasteiger partial charge on any atom is -0.455 e. The van der Waals surface area contributed by atoms with Crippen LogP contribution >= 0.6 is 0 Å². The molecule has 2 heterocycles. The molecule has 0 unspecified atom stereocenters. The maximum absolute atomic E-state index is 6.40. The van der Waals surface area contributed by atoms with Crippen LogP contribution in [0.5, 0.6) is 0 Å². The van der Waals surface area contributed by atoms with Crippen molar-refractivity contribution in [2.24, 2.45) is 0 Å². The van der Waals surface area contributed by atoms with Crippen LogP contribution in [0.3, 0.4) is 0 Å². The van der Waals surface area contributed by atoms with Crippen molar-refractivity contribution in [1.82, 2.24) is 4.57 Å². The van der Waals surface area contributed by atoms with Crippen molar-refractivity contribution >= 4 is 76.1 Å². The summed E-state index contributed by atoms with van der Waals surface area (Å²) in [6, 6.07) is 74.0. The lowest BCUT2D eigenvalue weighted by molar-refractivity contribution is 0.664. The van der Waals surface area contributed by atoms with Crippen LogP contribution in [0.4, 0.5) is 0 Å². The summed E-state index contributed by atoms with van der Waals surface area (Å²) in [4.78, 5) is 0. The van der Waals surface area contributed by atoms with Crippen molar-refractivity contribution in [2.75, 3.05) is 0 Å². The molecule has 0 aliphatic heterocycles. The number of hydrogen-bond donors (Lipinski definition) is 0. The zero-order chi connectivity index (χ0) is 41.6. The minimum atomic E-state index is -0.131. The molecule has 11 aromatic carbocycles. The molecule has 14 rings (SSSR count). The van der Waals surface area contributed by atoms with Crippen LogP contribution < -0.4 is 0 Å². The highest BCUT2D eigenvalue weighted by Gasteiger charge is 2.38. The summed E-state index contributed by atoms with van der Waals surface area (Å²) >= 11 is 0. The summed E-state index contributed by atoms with van der Waals surface area (Å²) < 4.78 is 8.91. The Morgan fingerprint density at radius 2 is 0.921 bits per heavy atom. The summed E-state index contributed by atoms with van der Waals surface area (Å²) in [5.41, 5.74) is 18.1. The van der Waals surface area contributed by atoms with Gasteiger partial charge in [-0.25, -0.2) is 0 Å². The third-order valence-corrected chi connectivity index (χ3v) is 14.4. The highest BCUT2D eigenvalue weighted by atomic mass is 16.3. The third-order valence-electron chi connectivity index (χ3n) is 14.4. The second kappa shape index (κ2) is 12.6. The Morgan fingerprint density at radius 1 is 0.381 bits per heavy atom. The van der Waals surface area contributed by atoms with Crippen molar-refractivity contribution in [2.45, 2.75) is 19.3 Å². The van der Waals surface area contributed by atoms with E-state index in [0.717, 1.165) is 33.1 Å². The first-order valence-corrected chi connectivity index (χ1v) is 22.0. The Bertz CT molecular complexity index is 4030. The molecular formula is C61H39NO. The third kappa shape index (κ3) is 4.73. The molecule has 0 radical (unpaired) electrons. The lowest BCUT2D eigenvalue weighted by atomic mass is 9.81. The van der Waals surface area contributed by atoms with Gasteiger partial charge in [0.15, 0.2) is 0 Å². The number of aromatic nitrogens is 1. The van der Waals surface area contributed by atoms with Crippen LogP contribution in [0.1, 0.15) is 25.0 Å². The first-order chi connectivity index (χ1) is 31.0. The van der Waals surface area contributed by atoms with E-state index in [1.165, 1.54) is 104 Å². The van der Waals surface area contributed by atoms with E-state index in [9.17, 15) is 0 Å². The van der Waals surface area contributed by atoms with Crippen LogP contribution in [0, 0.1) is 0 Å². The van der Waals surface area contributed by atoms with E-state index in [0.29, 0.717) is 0 Å². The average molecular weight is 802 g/mol. The topological polar surface area (TPSA) is 18.1 Å². The van der Waals surface area contributed by atoms with Crippen molar-refractivity contribution in [1.29, 1.82) is 0 Å². The molecular weight excluding hydrogens is 763 g/mol. The molecule has 0 fully saturated rings. The molecule has 294 valence electrons. The number of furan rings is 1. The smallest absolute Gasteiger partial charge is 0.143 e. The van der Waals surface area contributed by atoms with E-state index >= 15 is 0 Å². The van der Waals surface area contributed by atoms with Crippen LogP contribution in [0.15, 0.2) is 205 Å². The van der Waals surface area contributed by atoms with E-state index in [2.05, 4.69) is 206 Å². The van der Waals surface area contributed by atoms with Crippen molar-refractivity contribution in [3.05, 3.63) is 211 Å². The van der Waals surface area contributed by atoms with Crippen molar-refractivity contribution < 1.29 is 4.42 Å². The predicted molar refractivity (Wildman–Crippen MR) is 266 cm³/mol. The van der Waals surface area contributed by atoms with Gasteiger partial charge in [0.2, 0.25) is 0 Å². The quantitative estimate of drug-likeness (QED) is 0.162. The Balaban J connectivity index is 0.882. The maximum Gasteiger partial charge on any atom is 0.143 e. The Kier molecular flexibility index (Phi) is 6.93. The van der Waals surface area contributed by atoms with Crippen LogP contribution in [-0.2, 0) is 5.41 Å². The Hall–Kier alpha value is -7.94. The second-order valence-electron chi connectivity index (χ2n) is 18.0. The van der Waals surface area contributed by atoms with E-state index in [1.807, 2.05) is 12.1 Å². The van der Waals surface area contributed by atoms with Crippen LogP contribution in [0.2, 0.25) is 0 Å². The summed E-state index contributed by atoms with van der Waals surface area (Å²) in [6.45, 7) is 4.78. The molecule has 13 aromatic rings. The van der Waals surface area contributed by atoms with Gasteiger partial charge in [-0.2, -0.15) is 0 Å². The molecule has 0 N–H and O–H groups in total. The Morgan fingerprint density at radius 3 is 1.65 bits per heavy atom. The molecule has 2 nitrogen and oxygen atoms in total. The Labute approximate surface area is 364 Å². The fraction of sp³-hybridized carbons (Fsp3) is 0.0492. The van der Waals surface area contributed by atoms with Gasteiger partial charge >= 0.3 is 0 Å². The molecule has 0 atom stereocenters. The molecule has 0 saturated heterocycles. The largest absolute Gasteiger partial charge is 0.455 e. The SMILES string of the molecule is CC1(C)c2ccccc2-c2ccc3c4ccccc4n(-c4ccc(-c5ccc6ccc7c(-c8ccc(-c9cccc%10c9oc9ccccc9%10)cc8)ccc8ccc5c6c87)cc4)c3c21. The maximum atomic E-state index is 6.40.